The molecule has 9 nitrogen and oxygen atoms in total. The predicted molar refractivity (Wildman–Crippen MR) is 131 cm³/mol. The first-order valence-corrected chi connectivity index (χ1v) is 11.6. The van der Waals surface area contributed by atoms with Gasteiger partial charge >= 0.3 is 5.97 Å². The van der Waals surface area contributed by atoms with E-state index in [0.717, 1.165) is 11.3 Å². The van der Waals surface area contributed by atoms with E-state index in [4.69, 9.17) is 4.42 Å². The molecule has 6 rings (SSSR count). The van der Waals surface area contributed by atoms with Crippen LogP contribution in [0.15, 0.2) is 88.7 Å². The summed E-state index contributed by atoms with van der Waals surface area (Å²) in [6, 6.07) is 17.1. The lowest BCUT2D eigenvalue weighted by atomic mass is 9.98. The first kappa shape index (κ1) is 21.7. The van der Waals surface area contributed by atoms with Gasteiger partial charge in [0.25, 0.3) is 5.91 Å². The number of carbonyl (C=O) groups excluding carboxylic acids is 2. The highest BCUT2D eigenvalue weighted by Crippen LogP contribution is 2.44. The fourth-order valence-electron chi connectivity index (χ4n) is 4.23. The third-order valence-corrected chi connectivity index (χ3v) is 6.92. The number of furan rings is 1. The Kier molecular flexibility index (Phi) is 4.90. The fourth-order valence-corrected chi connectivity index (χ4v) is 5.26. The summed E-state index contributed by atoms with van der Waals surface area (Å²) in [5, 5.41) is 21.1. The highest BCUT2D eigenvalue weighted by atomic mass is 32.1. The van der Waals surface area contributed by atoms with Gasteiger partial charge < -0.3 is 14.6 Å². The van der Waals surface area contributed by atoms with Gasteiger partial charge in [-0.25, -0.2) is 9.78 Å². The summed E-state index contributed by atoms with van der Waals surface area (Å²) in [6.07, 6.45) is 1.52. The van der Waals surface area contributed by atoms with E-state index in [2.05, 4.69) is 9.97 Å². The maximum atomic E-state index is 13.6. The molecule has 0 saturated carbocycles. The second kappa shape index (κ2) is 8.14. The van der Waals surface area contributed by atoms with E-state index >= 15 is 0 Å². The number of ketones is 1. The topological polar surface area (TPSA) is 134 Å². The molecule has 0 spiro atoms. The average molecular weight is 497 g/mol. The van der Waals surface area contributed by atoms with Gasteiger partial charge in [-0.05, 0) is 42.5 Å². The molecule has 1 amide bonds. The number of carbonyl (C=O) groups is 3. The Morgan fingerprint density at radius 3 is 2.58 bits per heavy atom. The number of amides is 1. The van der Waals surface area contributed by atoms with Crippen LogP contribution in [-0.4, -0.2) is 37.8 Å². The van der Waals surface area contributed by atoms with E-state index < -0.39 is 29.5 Å². The van der Waals surface area contributed by atoms with Crippen LogP contribution in [0, 0.1) is 0 Å². The lowest BCUT2D eigenvalue weighted by Crippen LogP contribution is -2.31. The van der Waals surface area contributed by atoms with E-state index in [0.29, 0.717) is 26.9 Å². The minimum Gasteiger partial charge on any atom is -0.503 e. The molecule has 1 unspecified atom stereocenters. The predicted octanol–water partition coefficient (Wildman–Crippen LogP) is 4.92. The molecule has 0 fully saturated rings. The number of para-hydroxylation sites is 1. The quantitative estimate of drug-likeness (QED) is 0.327. The summed E-state index contributed by atoms with van der Waals surface area (Å²) < 4.78 is 6.26. The van der Waals surface area contributed by atoms with Crippen LogP contribution in [0.5, 0.6) is 0 Å². The molecule has 4 heterocycles. The van der Waals surface area contributed by atoms with Crippen LogP contribution >= 0.6 is 11.3 Å². The Hall–Kier alpha value is -4.83. The molecule has 2 N–H and O–H groups in total. The number of nitrogens with zero attached hydrogens (tertiary/aromatic N) is 3. The SMILES string of the molecule is O=C(O)c1ccc2nc(N3C(=O)C(O)=C(C(=O)c4cc5ccccc5o4)C3c3ccccn3)sc2c1. The zero-order valence-electron chi connectivity index (χ0n) is 18.3. The molecule has 36 heavy (non-hydrogen) atoms. The maximum Gasteiger partial charge on any atom is 0.335 e. The van der Waals surface area contributed by atoms with Crippen molar-refractivity contribution in [3.8, 4) is 0 Å². The summed E-state index contributed by atoms with van der Waals surface area (Å²) in [7, 11) is 0. The Balaban J connectivity index is 1.49. The maximum absolute atomic E-state index is 13.6. The van der Waals surface area contributed by atoms with Crippen LogP contribution in [0.1, 0.15) is 32.6 Å². The first-order valence-electron chi connectivity index (χ1n) is 10.8. The van der Waals surface area contributed by atoms with Crippen LogP contribution in [0.2, 0.25) is 0 Å². The number of hydrogen-bond acceptors (Lipinski definition) is 8. The number of carboxylic acid groups (broad SMARTS) is 1. The number of aromatic carboxylic acids is 1. The molecular weight excluding hydrogens is 482 g/mol. The van der Waals surface area contributed by atoms with Crippen LogP contribution in [0.3, 0.4) is 0 Å². The standard InChI is InChI=1S/C26H15N3O6S/c30-22(18-11-13-5-1-2-7-17(13)35-18)20-21(16-6-3-4-10-27-16)29(24(32)23(20)31)26-28-15-9-8-14(25(33)34)12-19(15)36-26/h1-12,21,31H,(H,33,34). The van der Waals surface area contributed by atoms with E-state index in [-0.39, 0.29) is 22.0 Å². The molecule has 0 radical (unpaired) electrons. The van der Waals surface area contributed by atoms with Gasteiger partial charge in [-0.15, -0.1) is 0 Å². The number of aromatic nitrogens is 2. The average Bonchev–Trinajstić information content (AvgIpc) is 3.57. The molecule has 0 bridgehead atoms. The number of rotatable bonds is 5. The smallest absolute Gasteiger partial charge is 0.335 e. The number of fused-ring (bicyclic) bond motifs is 2. The van der Waals surface area contributed by atoms with Gasteiger partial charge in [0.15, 0.2) is 16.7 Å². The summed E-state index contributed by atoms with van der Waals surface area (Å²) in [4.78, 5) is 48.4. The van der Waals surface area contributed by atoms with Gasteiger partial charge in [-0.2, -0.15) is 0 Å². The van der Waals surface area contributed by atoms with Gasteiger partial charge in [0.2, 0.25) is 5.78 Å². The molecule has 1 atom stereocenters. The third kappa shape index (κ3) is 3.35. The van der Waals surface area contributed by atoms with Gasteiger partial charge in [0.05, 0.1) is 27.0 Å². The van der Waals surface area contributed by atoms with Crippen molar-refractivity contribution in [2.75, 3.05) is 4.90 Å². The van der Waals surface area contributed by atoms with Crippen LogP contribution in [0.25, 0.3) is 21.2 Å². The molecule has 2 aromatic carbocycles. The number of Topliss-reactive ketones (excluding diaryl/α,β-unsaturated/α-hetero) is 1. The van der Waals surface area contributed by atoms with Crippen LogP contribution < -0.4 is 4.90 Å². The molecule has 5 aromatic rings. The van der Waals surface area contributed by atoms with Gasteiger partial charge in [-0.3, -0.25) is 19.5 Å². The number of pyridine rings is 1. The third-order valence-electron chi connectivity index (χ3n) is 5.90. The molecular formula is C26H15N3O6S. The molecule has 0 saturated heterocycles. The molecule has 3 aromatic heterocycles. The highest BCUT2D eigenvalue weighted by molar-refractivity contribution is 7.22. The fraction of sp³-hybridized carbons (Fsp3) is 0.0385. The Morgan fingerprint density at radius 1 is 1.03 bits per heavy atom. The van der Waals surface area contributed by atoms with Gasteiger partial charge in [0, 0.05) is 11.6 Å². The lowest BCUT2D eigenvalue weighted by molar-refractivity contribution is -0.117. The number of thiazole rings is 1. The van der Waals surface area contributed by atoms with Crippen molar-refractivity contribution < 1.29 is 29.0 Å². The van der Waals surface area contributed by atoms with E-state index in [1.165, 1.54) is 23.2 Å². The largest absolute Gasteiger partial charge is 0.503 e. The van der Waals surface area contributed by atoms with E-state index in [9.17, 15) is 24.6 Å². The summed E-state index contributed by atoms with van der Waals surface area (Å²) in [6.45, 7) is 0. The number of hydrogen-bond donors (Lipinski definition) is 2. The summed E-state index contributed by atoms with van der Waals surface area (Å²) in [5.74, 6) is -3.30. The number of carboxylic acids is 1. The zero-order valence-corrected chi connectivity index (χ0v) is 19.1. The summed E-state index contributed by atoms with van der Waals surface area (Å²) in [5.41, 5.74) is 1.22. The number of anilines is 1. The molecule has 10 heteroatoms. The first-order chi connectivity index (χ1) is 17.4. The normalized spacial score (nSPS) is 15.8. The second-order valence-corrected chi connectivity index (χ2v) is 9.07. The molecule has 1 aliphatic rings. The van der Waals surface area contributed by atoms with Crippen molar-refractivity contribution in [2.45, 2.75) is 6.04 Å². The lowest BCUT2D eigenvalue weighted by Gasteiger charge is -2.23. The second-order valence-electron chi connectivity index (χ2n) is 8.06. The Morgan fingerprint density at radius 2 is 1.83 bits per heavy atom. The molecule has 1 aliphatic heterocycles. The molecule has 176 valence electrons. The zero-order chi connectivity index (χ0) is 25.0. The summed E-state index contributed by atoms with van der Waals surface area (Å²) >= 11 is 1.07. The number of aliphatic hydroxyl groups is 1. The van der Waals surface area contributed by atoms with Crippen molar-refractivity contribution in [1.82, 2.24) is 9.97 Å². The van der Waals surface area contributed by atoms with Crippen molar-refractivity contribution in [3.63, 3.8) is 0 Å². The minimum absolute atomic E-state index is 0.0243. The Bertz CT molecular complexity index is 1700. The highest BCUT2D eigenvalue weighted by Gasteiger charge is 2.47. The van der Waals surface area contributed by atoms with E-state index in [1.54, 1.807) is 48.5 Å². The van der Waals surface area contributed by atoms with Gasteiger partial charge in [-0.1, -0.05) is 35.6 Å². The minimum atomic E-state index is -1.09. The number of aliphatic hydroxyl groups excluding tert-OH is 1. The van der Waals surface area contributed by atoms with Crippen molar-refractivity contribution in [2.24, 2.45) is 0 Å². The number of benzene rings is 2. The van der Waals surface area contributed by atoms with Crippen molar-refractivity contribution >= 4 is 55.3 Å². The Labute approximate surface area is 206 Å². The van der Waals surface area contributed by atoms with Crippen molar-refractivity contribution in [3.05, 3.63) is 101 Å². The van der Waals surface area contributed by atoms with Gasteiger partial charge in [0.1, 0.15) is 11.6 Å². The van der Waals surface area contributed by atoms with Crippen molar-refractivity contribution in [1.29, 1.82) is 0 Å². The van der Waals surface area contributed by atoms with Crippen LogP contribution in [0.4, 0.5) is 5.13 Å². The monoisotopic (exact) mass is 497 g/mol. The van der Waals surface area contributed by atoms with Crippen LogP contribution in [-0.2, 0) is 4.79 Å². The van der Waals surface area contributed by atoms with E-state index in [1.807, 2.05) is 6.07 Å². The molecule has 0 aliphatic carbocycles.